The van der Waals surface area contributed by atoms with E-state index in [1.165, 1.54) is 0 Å². The van der Waals surface area contributed by atoms with Crippen LogP contribution in [0.4, 0.5) is 0 Å². The molecule has 2 heterocycles. The summed E-state index contributed by atoms with van der Waals surface area (Å²) in [6.07, 6.45) is 0. The highest BCUT2D eigenvalue weighted by Crippen LogP contribution is 2.30. The van der Waals surface area contributed by atoms with Crippen LogP contribution < -0.4 is 0 Å². The summed E-state index contributed by atoms with van der Waals surface area (Å²) in [5.74, 6) is -0.00225. The molecule has 1 fully saturated rings. The summed E-state index contributed by atoms with van der Waals surface area (Å²) < 4.78 is 0. The van der Waals surface area contributed by atoms with E-state index in [0.29, 0.717) is 42.5 Å². The molecule has 28 heavy (non-hydrogen) atoms. The van der Waals surface area contributed by atoms with E-state index in [1.54, 1.807) is 16.7 Å². The van der Waals surface area contributed by atoms with E-state index in [1.807, 2.05) is 54.6 Å². The first kappa shape index (κ1) is 18.4. The molecule has 0 radical (unpaired) electrons. The molecule has 4 rings (SSSR count). The van der Waals surface area contributed by atoms with Crippen LogP contribution in [0.1, 0.15) is 17.3 Å². The smallest absolute Gasteiger partial charge is 0.254 e. The van der Waals surface area contributed by atoms with Crippen LogP contribution in [0.25, 0.3) is 22.2 Å². The maximum atomic E-state index is 13.3. The third kappa shape index (κ3) is 3.45. The molecule has 0 N–H and O–H groups in total. The summed E-state index contributed by atoms with van der Waals surface area (Å²) in [6, 6.07) is 16.9. The minimum Gasteiger partial charge on any atom is -0.339 e. The number of para-hydroxylation sites is 1. The lowest BCUT2D eigenvalue weighted by Gasteiger charge is -2.34. The Bertz CT molecular complexity index is 1060. The Morgan fingerprint density at radius 3 is 2.29 bits per heavy atom. The Morgan fingerprint density at radius 1 is 0.929 bits per heavy atom. The number of benzene rings is 2. The minimum atomic E-state index is -0.0462. The molecule has 6 heteroatoms. The molecule has 0 unspecified atom stereocenters. The van der Waals surface area contributed by atoms with Crippen molar-refractivity contribution in [3.63, 3.8) is 0 Å². The van der Waals surface area contributed by atoms with Crippen molar-refractivity contribution < 1.29 is 9.59 Å². The van der Waals surface area contributed by atoms with Gasteiger partial charge in [0.25, 0.3) is 5.91 Å². The fourth-order valence-corrected chi connectivity index (χ4v) is 3.79. The Morgan fingerprint density at radius 2 is 1.57 bits per heavy atom. The monoisotopic (exact) mass is 393 g/mol. The van der Waals surface area contributed by atoms with Crippen molar-refractivity contribution in [1.82, 2.24) is 14.8 Å². The van der Waals surface area contributed by atoms with Crippen LogP contribution in [0.5, 0.6) is 0 Å². The number of piperazine rings is 1. The predicted molar refractivity (Wildman–Crippen MR) is 110 cm³/mol. The van der Waals surface area contributed by atoms with Crippen LogP contribution >= 0.6 is 11.6 Å². The molecular formula is C22H20ClN3O2. The zero-order valence-corrected chi connectivity index (χ0v) is 16.3. The van der Waals surface area contributed by atoms with Crippen LogP contribution in [-0.2, 0) is 4.79 Å². The topological polar surface area (TPSA) is 53.5 Å². The van der Waals surface area contributed by atoms with Gasteiger partial charge in [-0.25, -0.2) is 4.98 Å². The molecule has 0 spiro atoms. The van der Waals surface area contributed by atoms with Gasteiger partial charge in [-0.2, -0.15) is 0 Å². The number of pyridine rings is 1. The molecule has 1 aliphatic rings. The molecule has 5 nitrogen and oxygen atoms in total. The molecule has 0 aliphatic carbocycles. The van der Waals surface area contributed by atoms with Crippen molar-refractivity contribution in [3.05, 3.63) is 65.2 Å². The van der Waals surface area contributed by atoms with Crippen LogP contribution in [0.15, 0.2) is 54.6 Å². The van der Waals surface area contributed by atoms with E-state index < -0.39 is 0 Å². The van der Waals surface area contributed by atoms with Crippen molar-refractivity contribution in [2.45, 2.75) is 6.92 Å². The highest BCUT2D eigenvalue weighted by Gasteiger charge is 2.25. The lowest BCUT2D eigenvalue weighted by molar-refractivity contribution is -0.130. The Labute approximate surface area is 168 Å². The van der Waals surface area contributed by atoms with Gasteiger partial charge in [0.2, 0.25) is 5.91 Å². The molecule has 1 saturated heterocycles. The van der Waals surface area contributed by atoms with Crippen molar-refractivity contribution in [2.24, 2.45) is 0 Å². The maximum Gasteiger partial charge on any atom is 0.254 e. The highest BCUT2D eigenvalue weighted by molar-refractivity contribution is 6.33. The third-order valence-corrected chi connectivity index (χ3v) is 5.44. The first-order valence-electron chi connectivity index (χ1n) is 9.24. The first-order chi connectivity index (χ1) is 13.5. The average molecular weight is 394 g/mol. The second-order valence-corrected chi connectivity index (χ2v) is 7.26. The Hall–Kier alpha value is -2.92. The molecule has 1 aromatic heterocycles. The number of hydrogen-bond acceptors (Lipinski definition) is 3. The number of hydrogen-bond donors (Lipinski definition) is 0. The number of amides is 2. The molecule has 142 valence electrons. The lowest BCUT2D eigenvalue weighted by atomic mass is 10.0. The summed E-state index contributed by atoms with van der Waals surface area (Å²) in [7, 11) is 0. The fourth-order valence-electron chi connectivity index (χ4n) is 3.55. The van der Waals surface area contributed by atoms with Gasteiger partial charge in [-0.1, -0.05) is 48.0 Å². The first-order valence-corrected chi connectivity index (χ1v) is 9.62. The van der Waals surface area contributed by atoms with Crippen LogP contribution in [0, 0.1) is 0 Å². The number of halogens is 1. The van der Waals surface area contributed by atoms with E-state index in [4.69, 9.17) is 16.6 Å². The standard InChI is InChI=1S/C22H20ClN3O2/c1-15(27)25-10-12-26(13-11-25)22(28)18-14-21(17-7-2-4-8-19(17)23)24-20-9-5-3-6-16(18)20/h2-9,14H,10-13H2,1H3. The van der Waals surface area contributed by atoms with E-state index in [9.17, 15) is 9.59 Å². The molecular weight excluding hydrogens is 374 g/mol. The van der Waals surface area contributed by atoms with Gasteiger partial charge in [0.1, 0.15) is 0 Å². The quantitative estimate of drug-likeness (QED) is 0.664. The SMILES string of the molecule is CC(=O)N1CCN(C(=O)c2cc(-c3ccccc3Cl)nc3ccccc23)CC1. The number of carbonyl (C=O) groups excluding carboxylic acids is 2. The zero-order valence-electron chi connectivity index (χ0n) is 15.6. The van der Waals surface area contributed by atoms with Crippen molar-refractivity contribution in [1.29, 1.82) is 0 Å². The van der Waals surface area contributed by atoms with E-state index in [2.05, 4.69) is 0 Å². The maximum absolute atomic E-state index is 13.3. The average Bonchev–Trinajstić information content (AvgIpc) is 2.73. The molecule has 0 bridgehead atoms. The van der Waals surface area contributed by atoms with Gasteiger partial charge >= 0.3 is 0 Å². The zero-order chi connectivity index (χ0) is 19.7. The fraction of sp³-hybridized carbons (Fsp3) is 0.227. The van der Waals surface area contributed by atoms with Crippen molar-refractivity contribution in [3.8, 4) is 11.3 Å². The number of fused-ring (bicyclic) bond motifs is 1. The number of rotatable bonds is 2. The second-order valence-electron chi connectivity index (χ2n) is 6.85. The number of nitrogens with zero attached hydrogens (tertiary/aromatic N) is 3. The van der Waals surface area contributed by atoms with Crippen LogP contribution in [0.2, 0.25) is 5.02 Å². The summed E-state index contributed by atoms with van der Waals surface area (Å²) >= 11 is 6.36. The highest BCUT2D eigenvalue weighted by atomic mass is 35.5. The van der Waals surface area contributed by atoms with Gasteiger partial charge in [-0.15, -0.1) is 0 Å². The molecule has 2 amide bonds. The van der Waals surface area contributed by atoms with Gasteiger partial charge in [-0.05, 0) is 18.2 Å². The van der Waals surface area contributed by atoms with Crippen molar-refractivity contribution in [2.75, 3.05) is 26.2 Å². The molecule has 0 saturated carbocycles. The van der Waals surface area contributed by atoms with Gasteiger partial charge < -0.3 is 9.80 Å². The van der Waals surface area contributed by atoms with E-state index >= 15 is 0 Å². The van der Waals surface area contributed by atoms with Gasteiger partial charge in [0, 0.05) is 49.1 Å². The normalized spacial score (nSPS) is 14.4. The van der Waals surface area contributed by atoms with Gasteiger partial charge in [-0.3, -0.25) is 9.59 Å². The molecule has 3 aromatic rings. The largest absolute Gasteiger partial charge is 0.339 e. The second kappa shape index (κ2) is 7.60. The van der Waals surface area contributed by atoms with Crippen LogP contribution in [0.3, 0.4) is 0 Å². The summed E-state index contributed by atoms with van der Waals surface area (Å²) in [4.78, 5) is 33.2. The predicted octanol–water partition coefficient (Wildman–Crippen LogP) is 3.86. The molecule has 1 aliphatic heterocycles. The number of carbonyl (C=O) groups is 2. The minimum absolute atomic E-state index is 0.0439. The lowest BCUT2D eigenvalue weighted by Crippen LogP contribution is -2.50. The Kier molecular flexibility index (Phi) is 5.01. The molecule has 2 aromatic carbocycles. The van der Waals surface area contributed by atoms with E-state index in [0.717, 1.165) is 16.5 Å². The third-order valence-electron chi connectivity index (χ3n) is 5.11. The van der Waals surface area contributed by atoms with Crippen LogP contribution in [-0.4, -0.2) is 52.8 Å². The number of aromatic nitrogens is 1. The van der Waals surface area contributed by atoms with Gasteiger partial charge in [0.05, 0.1) is 16.8 Å². The van der Waals surface area contributed by atoms with Gasteiger partial charge in [0.15, 0.2) is 0 Å². The Balaban J connectivity index is 1.75. The van der Waals surface area contributed by atoms with E-state index in [-0.39, 0.29) is 11.8 Å². The summed E-state index contributed by atoms with van der Waals surface area (Å²) in [5, 5.41) is 1.41. The summed E-state index contributed by atoms with van der Waals surface area (Å²) in [5.41, 5.74) is 2.84. The summed E-state index contributed by atoms with van der Waals surface area (Å²) in [6.45, 7) is 3.72. The molecule has 0 atom stereocenters. The van der Waals surface area contributed by atoms with Crippen molar-refractivity contribution >= 4 is 34.3 Å².